The second kappa shape index (κ2) is 9.20. The molecule has 0 bridgehead atoms. The zero-order chi connectivity index (χ0) is 15.7. The highest BCUT2D eigenvalue weighted by Crippen LogP contribution is 2.15. The van der Waals surface area contributed by atoms with Crippen molar-refractivity contribution in [3.8, 4) is 11.8 Å². The molecule has 0 atom stereocenters. The van der Waals surface area contributed by atoms with Crippen LogP contribution in [-0.4, -0.2) is 12.5 Å². The third kappa shape index (κ3) is 7.53. The van der Waals surface area contributed by atoms with E-state index in [1.165, 1.54) is 18.2 Å². The van der Waals surface area contributed by atoms with Crippen LogP contribution in [0.3, 0.4) is 0 Å². The van der Waals surface area contributed by atoms with Crippen LogP contribution in [-0.2, 0) is 4.79 Å². The van der Waals surface area contributed by atoms with Crippen molar-refractivity contribution in [3.63, 3.8) is 0 Å². The highest BCUT2D eigenvalue weighted by atomic mass is 35.5. The molecule has 0 spiro atoms. The van der Waals surface area contributed by atoms with Crippen LogP contribution in [0.2, 0.25) is 5.02 Å². The number of nitrogens with one attached hydrogen (secondary N) is 1. The summed E-state index contributed by atoms with van der Waals surface area (Å²) in [6.07, 6.45) is 4.64. The van der Waals surface area contributed by atoms with E-state index in [4.69, 9.17) is 11.6 Å². The van der Waals surface area contributed by atoms with Gasteiger partial charge in [0.05, 0.1) is 5.02 Å². The van der Waals surface area contributed by atoms with Crippen LogP contribution in [0.15, 0.2) is 30.4 Å². The molecule has 0 fully saturated rings. The quantitative estimate of drug-likeness (QED) is 0.498. The first-order valence-electron chi connectivity index (χ1n) is 6.87. The van der Waals surface area contributed by atoms with E-state index in [1.54, 1.807) is 12.1 Å². The number of hydrogen-bond acceptors (Lipinski definition) is 1. The van der Waals surface area contributed by atoms with E-state index in [0.717, 1.165) is 0 Å². The lowest BCUT2D eigenvalue weighted by Crippen LogP contribution is -2.25. The van der Waals surface area contributed by atoms with Crippen molar-refractivity contribution in [1.82, 2.24) is 5.32 Å². The molecule has 0 saturated carbocycles. The van der Waals surface area contributed by atoms with Crippen molar-refractivity contribution in [2.45, 2.75) is 26.7 Å². The molecule has 0 radical (unpaired) electrons. The summed E-state index contributed by atoms with van der Waals surface area (Å²) in [5, 5.41) is 2.87. The van der Waals surface area contributed by atoms with Crippen LogP contribution in [0.1, 0.15) is 32.3 Å². The van der Waals surface area contributed by atoms with E-state index in [1.807, 2.05) is 13.8 Å². The minimum Gasteiger partial charge on any atom is -0.352 e. The summed E-state index contributed by atoms with van der Waals surface area (Å²) < 4.78 is 12.9. The Hall–Kier alpha value is -1.79. The summed E-state index contributed by atoms with van der Waals surface area (Å²) in [7, 11) is 0. The molecule has 0 aliphatic heterocycles. The maximum atomic E-state index is 12.9. The first-order valence-corrected chi connectivity index (χ1v) is 7.25. The van der Waals surface area contributed by atoms with Crippen LogP contribution in [0.25, 0.3) is 0 Å². The van der Waals surface area contributed by atoms with Gasteiger partial charge in [0.15, 0.2) is 0 Å². The molecule has 1 rings (SSSR count). The maximum Gasteiger partial charge on any atom is 0.243 e. The molecular formula is C17H19ClFNO. The molecule has 0 unspecified atom stereocenters. The van der Waals surface area contributed by atoms with Crippen LogP contribution in [0.5, 0.6) is 0 Å². The third-order valence-electron chi connectivity index (χ3n) is 2.54. The topological polar surface area (TPSA) is 29.1 Å². The van der Waals surface area contributed by atoms with E-state index in [2.05, 4.69) is 17.2 Å². The van der Waals surface area contributed by atoms with E-state index < -0.39 is 5.82 Å². The van der Waals surface area contributed by atoms with E-state index >= 15 is 0 Å². The van der Waals surface area contributed by atoms with Gasteiger partial charge in [-0.2, -0.15) is 0 Å². The number of allylic oxidation sites excluding steroid dienone is 1. The fraction of sp³-hybridized carbons (Fsp3) is 0.353. The van der Waals surface area contributed by atoms with Gasteiger partial charge in [0.2, 0.25) is 5.91 Å². The molecule has 0 heterocycles. The fourth-order valence-electron chi connectivity index (χ4n) is 1.45. The molecule has 0 saturated heterocycles. The summed E-state index contributed by atoms with van der Waals surface area (Å²) >= 11 is 5.66. The smallest absolute Gasteiger partial charge is 0.243 e. The molecule has 4 heteroatoms. The Labute approximate surface area is 130 Å². The molecule has 1 aromatic rings. The lowest BCUT2D eigenvalue weighted by atomic mass is 10.2. The molecule has 1 aromatic carbocycles. The number of halogens is 2. The van der Waals surface area contributed by atoms with Gasteiger partial charge >= 0.3 is 0 Å². The number of carbonyl (C=O) groups excluding carboxylic acids is 1. The van der Waals surface area contributed by atoms with Crippen LogP contribution in [0.4, 0.5) is 4.39 Å². The molecular weight excluding hydrogens is 289 g/mol. The number of carbonyl (C=O) groups is 1. The van der Waals surface area contributed by atoms with Gasteiger partial charge in [-0.15, -0.1) is 0 Å². The van der Waals surface area contributed by atoms with Gasteiger partial charge in [0.25, 0.3) is 0 Å². The molecule has 0 aliphatic carbocycles. The van der Waals surface area contributed by atoms with Crippen LogP contribution in [0, 0.1) is 23.6 Å². The highest BCUT2D eigenvalue weighted by Gasteiger charge is 1.98. The Morgan fingerprint density at radius 2 is 2.24 bits per heavy atom. The third-order valence-corrected chi connectivity index (χ3v) is 2.83. The van der Waals surface area contributed by atoms with Crippen molar-refractivity contribution in [1.29, 1.82) is 0 Å². The predicted molar refractivity (Wildman–Crippen MR) is 84.5 cm³/mol. The normalized spacial score (nSPS) is 10.5. The monoisotopic (exact) mass is 307 g/mol. The molecule has 1 amide bonds. The summed E-state index contributed by atoms with van der Waals surface area (Å²) in [5.41, 5.74) is 0.681. The van der Waals surface area contributed by atoms with Gasteiger partial charge in [0, 0.05) is 18.5 Å². The minimum absolute atomic E-state index is 0.0727. The Bertz CT molecular complexity index is 570. The molecule has 21 heavy (non-hydrogen) atoms. The zero-order valence-corrected chi connectivity index (χ0v) is 13.0. The zero-order valence-electron chi connectivity index (χ0n) is 12.2. The Morgan fingerprint density at radius 3 is 2.90 bits per heavy atom. The molecule has 2 nitrogen and oxygen atoms in total. The number of benzene rings is 1. The van der Waals surface area contributed by atoms with Gasteiger partial charge in [-0.1, -0.05) is 43.4 Å². The number of hydrogen-bond donors (Lipinski definition) is 1. The Balaban J connectivity index is 2.32. The first kappa shape index (κ1) is 17.3. The van der Waals surface area contributed by atoms with Gasteiger partial charge in [-0.05, 0) is 36.6 Å². The molecule has 0 aromatic heterocycles. The summed E-state index contributed by atoms with van der Waals surface area (Å²) in [6.45, 7) is 4.76. The number of amides is 1. The average molecular weight is 308 g/mol. The van der Waals surface area contributed by atoms with Crippen molar-refractivity contribution in [3.05, 3.63) is 46.8 Å². The van der Waals surface area contributed by atoms with Gasteiger partial charge in [0.1, 0.15) is 5.82 Å². The predicted octanol–water partition coefficient (Wildman–Crippen LogP) is 3.94. The van der Waals surface area contributed by atoms with Crippen molar-refractivity contribution in [2.75, 3.05) is 6.54 Å². The van der Waals surface area contributed by atoms with Crippen LogP contribution < -0.4 is 5.32 Å². The first-order chi connectivity index (χ1) is 9.99. The van der Waals surface area contributed by atoms with Crippen molar-refractivity contribution in [2.24, 2.45) is 5.92 Å². The summed E-state index contributed by atoms with van der Waals surface area (Å²) in [4.78, 5) is 11.4. The molecule has 112 valence electrons. The fourth-order valence-corrected chi connectivity index (χ4v) is 1.63. The van der Waals surface area contributed by atoms with Gasteiger partial charge < -0.3 is 5.32 Å². The molecule has 1 N–H and O–H groups in total. The Morgan fingerprint density at radius 1 is 1.48 bits per heavy atom. The second-order valence-electron chi connectivity index (χ2n) is 5.01. The van der Waals surface area contributed by atoms with Crippen molar-refractivity contribution < 1.29 is 9.18 Å². The van der Waals surface area contributed by atoms with E-state index in [-0.39, 0.29) is 10.9 Å². The van der Waals surface area contributed by atoms with E-state index in [9.17, 15) is 9.18 Å². The summed E-state index contributed by atoms with van der Waals surface area (Å²) in [5.74, 6) is 5.78. The van der Waals surface area contributed by atoms with E-state index in [0.29, 0.717) is 30.9 Å². The number of unbranched alkanes of at least 4 members (excludes halogenated alkanes) is 1. The van der Waals surface area contributed by atoms with Crippen molar-refractivity contribution >= 4 is 17.5 Å². The Kier molecular flexibility index (Phi) is 7.56. The largest absolute Gasteiger partial charge is 0.352 e. The number of rotatable bonds is 5. The summed E-state index contributed by atoms with van der Waals surface area (Å²) in [6, 6.07) is 4.38. The van der Waals surface area contributed by atoms with Gasteiger partial charge in [-0.3, -0.25) is 4.79 Å². The molecule has 0 aliphatic rings. The standard InChI is InChI=1S/C17H19ClFNO/c1-13(2)12-20-17(21)8-6-4-3-5-7-14-9-10-16(19)15(18)11-14/h6,8-11,13H,3-4,12H2,1-2H3,(H,20,21)/b8-6+. The maximum absolute atomic E-state index is 12.9. The SMILES string of the molecule is CC(C)CNC(=O)/C=C/CCC#Cc1ccc(F)c(Cl)c1. The van der Waals surface area contributed by atoms with Gasteiger partial charge in [-0.25, -0.2) is 4.39 Å². The lowest BCUT2D eigenvalue weighted by Gasteiger charge is -2.03. The lowest BCUT2D eigenvalue weighted by molar-refractivity contribution is -0.116. The second-order valence-corrected chi connectivity index (χ2v) is 5.42. The minimum atomic E-state index is -0.447. The average Bonchev–Trinajstić information content (AvgIpc) is 2.44. The highest BCUT2D eigenvalue weighted by molar-refractivity contribution is 6.30. The van der Waals surface area contributed by atoms with Crippen LogP contribution >= 0.6 is 11.6 Å².